The maximum absolute atomic E-state index is 11.9. The zero-order valence-electron chi connectivity index (χ0n) is 10.6. The molecule has 1 aliphatic carbocycles. The van der Waals surface area contributed by atoms with Crippen LogP contribution in [-0.2, 0) is 4.74 Å². The third kappa shape index (κ3) is 3.42. The van der Waals surface area contributed by atoms with Gasteiger partial charge in [-0.2, -0.15) is 0 Å². The number of aromatic nitrogens is 2. The van der Waals surface area contributed by atoms with E-state index in [1.165, 1.54) is 18.8 Å². The van der Waals surface area contributed by atoms with Crippen molar-refractivity contribution in [2.45, 2.75) is 39.2 Å². The predicted octanol–water partition coefficient (Wildman–Crippen LogP) is 3.11. The highest BCUT2D eigenvalue weighted by Gasteiger charge is 2.27. The standard InChI is InChI=1S/C13H17ClN2O2/c1-8-3-9(2)5-10(4-8)18-13(17)11-6-15-7-12(14)16-11/h6-10H,3-5H2,1-2H3. The molecule has 1 aromatic heterocycles. The molecule has 98 valence electrons. The number of nitrogens with zero attached hydrogens (tertiary/aromatic N) is 2. The maximum Gasteiger partial charge on any atom is 0.358 e. The number of carbonyl (C=O) groups is 1. The molecule has 4 nitrogen and oxygen atoms in total. The highest BCUT2D eigenvalue weighted by atomic mass is 35.5. The fourth-order valence-corrected chi connectivity index (χ4v) is 2.77. The van der Waals surface area contributed by atoms with E-state index in [0.717, 1.165) is 12.8 Å². The zero-order chi connectivity index (χ0) is 13.1. The summed E-state index contributed by atoms with van der Waals surface area (Å²) in [7, 11) is 0. The van der Waals surface area contributed by atoms with Gasteiger partial charge in [-0.05, 0) is 31.1 Å². The highest BCUT2D eigenvalue weighted by Crippen LogP contribution is 2.30. The van der Waals surface area contributed by atoms with E-state index in [1.54, 1.807) is 0 Å². The third-order valence-electron chi connectivity index (χ3n) is 3.22. The van der Waals surface area contributed by atoms with Crippen LogP contribution in [0, 0.1) is 11.8 Å². The zero-order valence-corrected chi connectivity index (χ0v) is 11.4. The lowest BCUT2D eigenvalue weighted by Gasteiger charge is -2.30. The van der Waals surface area contributed by atoms with Crippen LogP contribution in [0.1, 0.15) is 43.6 Å². The van der Waals surface area contributed by atoms with Gasteiger partial charge >= 0.3 is 5.97 Å². The van der Waals surface area contributed by atoms with Gasteiger partial charge in [-0.15, -0.1) is 0 Å². The van der Waals surface area contributed by atoms with Gasteiger partial charge in [0, 0.05) is 0 Å². The van der Waals surface area contributed by atoms with Crippen LogP contribution in [0.5, 0.6) is 0 Å². The number of hydrogen-bond acceptors (Lipinski definition) is 4. The molecule has 1 fully saturated rings. The number of ether oxygens (including phenoxy) is 1. The summed E-state index contributed by atoms with van der Waals surface area (Å²) in [5.74, 6) is 0.755. The maximum atomic E-state index is 11.9. The van der Waals surface area contributed by atoms with Crippen LogP contribution in [0.15, 0.2) is 12.4 Å². The first-order valence-corrected chi connectivity index (χ1v) is 6.61. The number of rotatable bonds is 2. The minimum absolute atomic E-state index is 0.0166. The summed E-state index contributed by atoms with van der Waals surface area (Å²) in [5, 5.41) is 0.204. The second-order valence-corrected chi connectivity index (χ2v) is 5.56. The minimum Gasteiger partial charge on any atom is -0.458 e. The lowest BCUT2D eigenvalue weighted by atomic mass is 9.82. The normalized spacial score (nSPS) is 27.8. The van der Waals surface area contributed by atoms with Crippen LogP contribution >= 0.6 is 11.6 Å². The second kappa shape index (κ2) is 5.65. The van der Waals surface area contributed by atoms with Gasteiger partial charge in [-0.25, -0.2) is 9.78 Å². The molecule has 5 heteroatoms. The second-order valence-electron chi connectivity index (χ2n) is 5.17. The predicted molar refractivity (Wildman–Crippen MR) is 68.4 cm³/mol. The molecular formula is C13H17ClN2O2. The van der Waals surface area contributed by atoms with E-state index in [1.807, 2.05) is 0 Å². The molecule has 1 aliphatic rings. The Morgan fingerprint density at radius 2 is 1.94 bits per heavy atom. The van der Waals surface area contributed by atoms with Crippen molar-refractivity contribution in [2.24, 2.45) is 11.8 Å². The van der Waals surface area contributed by atoms with E-state index in [9.17, 15) is 4.79 Å². The number of hydrogen-bond donors (Lipinski definition) is 0. The van der Waals surface area contributed by atoms with Gasteiger partial charge in [-0.1, -0.05) is 25.4 Å². The average molecular weight is 269 g/mol. The molecule has 0 radical (unpaired) electrons. The van der Waals surface area contributed by atoms with Crippen molar-refractivity contribution in [3.8, 4) is 0 Å². The third-order valence-corrected chi connectivity index (χ3v) is 3.41. The monoisotopic (exact) mass is 268 g/mol. The molecule has 1 saturated carbocycles. The molecule has 0 spiro atoms. The minimum atomic E-state index is -0.434. The molecule has 0 amide bonds. The molecule has 1 heterocycles. The quantitative estimate of drug-likeness (QED) is 0.774. The fraction of sp³-hybridized carbons (Fsp3) is 0.615. The van der Waals surface area contributed by atoms with Gasteiger partial charge in [0.25, 0.3) is 0 Å². The van der Waals surface area contributed by atoms with Crippen molar-refractivity contribution >= 4 is 17.6 Å². The Bertz CT molecular complexity index is 429. The Morgan fingerprint density at radius 1 is 1.28 bits per heavy atom. The first-order chi connectivity index (χ1) is 8.54. The molecule has 0 aromatic carbocycles. The summed E-state index contributed by atoms with van der Waals surface area (Å²) < 4.78 is 5.47. The van der Waals surface area contributed by atoms with Crippen molar-refractivity contribution in [2.75, 3.05) is 0 Å². The van der Waals surface area contributed by atoms with Crippen LogP contribution in [0.25, 0.3) is 0 Å². The number of carbonyl (C=O) groups excluding carboxylic acids is 1. The van der Waals surface area contributed by atoms with Crippen LogP contribution in [-0.4, -0.2) is 22.0 Å². The topological polar surface area (TPSA) is 52.1 Å². The summed E-state index contributed by atoms with van der Waals surface area (Å²) in [6.45, 7) is 4.38. The van der Waals surface area contributed by atoms with E-state index in [0.29, 0.717) is 11.8 Å². The fourth-order valence-electron chi connectivity index (χ4n) is 2.62. The summed E-state index contributed by atoms with van der Waals surface area (Å²) in [4.78, 5) is 19.6. The van der Waals surface area contributed by atoms with Gasteiger partial charge in [-0.3, -0.25) is 4.98 Å². The van der Waals surface area contributed by atoms with Crippen molar-refractivity contribution in [3.05, 3.63) is 23.2 Å². The Balaban J connectivity index is 1.99. The van der Waals surface area contributed by atoms with E-state index >= 15 is 0 Å². The molecular weight excluding hydrogens is 252 g/mol. The van der Waals surface area contributed by atoms with Crippen molar-refractivity contribution in [1.82, 2.24) is 9.97 Å². The van der Waals surface area contributed by atoms with Crippen LogP contribution in [0.3, 0.4) is 0 Å². The van der Waals surface area contributed by atoms with E-state index in [-0.39, 0.29) is 17.0 Å². The van der Waals surface area contributed by atoms with E-state index < -0.39 is 5.97 Å². The first-order valence-electron chi connectivity index (χ1n) is 6.23. The van der Waals surface area contributed by atoms with Crippen LogP contribution < -0.4 is 0 Å². The van der Waals surface area contributed by atoms with E-state index in [2.05, 4.69) is 23.8 Å². The molecule has 0 aliphatic heterocycles. The SMILES string of the molecule is CC1CC(C)CC(OC(=O)c2cncc(Cl)n2)C1. The van der Waals surface area contributed by atoms with Crippen molar-refractivity contribution in [3.63, 3.8) is 0 Å². The van der Waals surface area contributed by atoms with Crippen molar-refractivity contribution in [1.29, 1.82) is 0 Å². The van der Waals surface area contributed by atoms with Gasteiger partial charge in [0.1, 0.15) is 11.3 Å². The number of esters is 1. The Kier molecular flexibility index (Phi) is 4.17. The molecule has 0 saturated heterocycles. The molecule has 18 heavy (non-hydrogen) atoms. The summed E-state index contributed by atoms with van der Waals surface area (Å²) in [6.07, 6.45) is 5.80. The molecule has 0 N–H and O–H groups in total. The summed E-state index contributed by atoms with van der Waals surface area (Å²) in [6, 6.07) is 0. The van der Waals surface area contributed by atoms with E-state index in [4.69, 9.17) is 16.3 Å². The smallest absolute Gasteiger partial charge is 0.358 e. The van der Waals surface area contributed by atoms with Gasteiger partial charge in [0.15, 0.2) is 5.69 Å². The Morgan fingerprint density at radius 3 is 2.56 bits per heavy atom. The number of halogens is 1. The molecule has 2 unspecified atom stereocenters. The molecule has 2 rings (SSSR count). The van der Waals surface area contributed by atoms with Gasteiger partial charge in [0.05, 0.1) is 12.4 Å². The van der Waals surface area contributed by atoms with Crippen LogP contribution in [0.4, 0.5) is 0 Å². The molecule has 0 bridgehead atoms. The molecule has 2 atom stereocenters. The van der Waals surface area contributed by atoms with Gasteiger partial charge in [0.2, 0.25) is 0 Å². The average Bonchev–Trinajstić information content (AvgIpc) is 2.27. The highest BCUT2D eigenvalue weighted by molar-refractivity contribution is 6.29. The summed E-state index contributed by atoms with van der Waals surface area (Å²) >= 11 is 5.70. The first kappa shape index (κ1) is 13.3. The molecule has 1 aromatic rings. The van der Waals surface area contributed by atoms with Gasteiger partial charge < -0.3 is 4.74 Å². The van der Waals surface area contributed by atoms with Crippen molar-refractivity contribution < 1.29 is 9.53 Å². The van der Waals surface area contributed by atoms with Crippen LogP contribution in [0.2, 0.25) is 5.15 Å². The lowest BCUT2D eigenvalue weighted by molar-refractivity contribution is 0.00740. The largest absolute Gasteiger partial charge is 0.458 e. The summed E-state index contributed by atoms with van der Waals surface area (Å²) in [5.41, 5.74) is 0.174. The Hall–Kier alpha value is -1.16. The lowest BCUT2D eigenvalue weighted by Crippen LogP contribution is -2.28. The Labute approximate surface area is 112 Å².